The van der Waals surface area contributed by atoms with Crippen molar-refractivity contribution in [1.82, 2.24) is 0 Å². The largest absolute Gasteiger partial charge is 0.416 e. The van der Waals surface area contributed by atoms with E-state index in [1.54, 1.807) is 0 Å². The summed E-state index contributed by atoms with van der Waals surface area (Å²) in [7, 11) is 0. The van der Waals surface area contributed by atoms with Crippen LogP contribution >= 0.6 is 0 Å². The first-order valence-corrected chi connectivity index (χ1v) is 9.01. The Morgan fingerprint density at radius 3 is 1.22 bits per heavy atom. The van der Waals surface area contributed by atoms with Crippen LogP contribution in [0, 0.1) is 0 Å². The number of rotatable bonds is 4. The minimum Gasteiger partial charge on any atom is -0.322 e. The van der Waals surface area contributed by atoms with E-state index in [9.17, 15) is 35.9 Å². The summed E-state index contributed by atoms with van der Waals surface area (Å²) >= 11 is 0. The Balaban J connectivity index is 1.68. The second-order valence-corrected chi connectivity index (χ2v) is 6.64. The number of benzene rings is 3. The molecule has 0 atom stereocenters. The van der Waals surface area contributed by atoms with Crippen molar-refractivity contribution < 1.29 is 35.9 Å². The molecule has 3 aromatic carbocycles. The van der Waals surface area contributed by atoms with Gasteiger partial charge in [0.25, 0.3) is 11.8 Å². The molecule has 0 saturated heterocycles. The third-order valence-electron chi connectivity index (χ3n) is 4.30. The number of halogens is 6. The van der Waals surface area contributed by atoms with E-state index in [4.69, 9.17) is 0 Å². The molecule has 0 unspecified atom stereocenters. The van der Waals surface area contributed by atoms with Gasteiger partial charge < -0.3 is 10.6 Å². The Labute approximate surface area is 177 Å². The fraction of sp³-hybridized carbons (Fsp3) is 0.0909. The topological polar surface area (TPSA) is 58.2 Å². The Morgan fingerprint density at radius 2 is 0.906 bits per heavy atom. The Bertz CT molecular complexity index is 1050. The van der Waals surface area contributed by atoms with Crippen molar-refractivity contribution in [1.29, 1.82) is 0 Å². The summed E-state index contributed by atoms with van der Waals surface area (Å²) in [5.74, 6) is -1.40. The fourth-order valence-electron chi connectivity index (χ4n) is 2.73. The molecular weight excluding hydrogens is 438 g/mol. The standard InChI is InChI=1S/C22H14F6N2O2/c23-21(24,25)15-3-1-5-17(11-15)29-19(31)13-7-9-14(10-8-13)20(32)30-18-6-2-4-16(12-18)22(26,27)28/h1-12H,(H,29,31)(H,30,32). The van der Waals surface area contributed by atoms with Gasteiger partial charge in [-0.25, -0.2) is 0 Å². The molecule has 0 aromatic heterocycles. The Kier molecular flexibility index (Phi) is 6.24. The van der Waals surface area contributed by atoms with Gasteiger partial charge in [-0.1, -0.05) is 12.1 Å². The third-order valence-corrected chi connectivity index (χ3v) is 4.30. The number of alkyl halides is 6. The molecule has 0 radical (unpaired) electrons. The predicted molar refractivity (Wildman–Crippen MR) is 105 cm³/mol. The van der Waals surface area contributed by atoms with Gasteiger partial charge in [0.2, 0.25) is 0 Å². The van der Waals surface area contributed by atoms with Crippen LogP contribution in [-0.4, -0.2) is 11.8 Å². The van der Waals surface area contributed by atoms with E-state index in [1.807, 2.05) is 0 Å². The van der Waals surface area contributed by atoms with Crippen LogP contribution < -0.4 is 10.6 Å². The van der Waals surface area contributed by atoms with E-state index in [2.05, 4.69) is 10.6 Å². The summed E-state index contributed by atoms with van der Waals surface area (Å²) in [5.41, 5.74) is -1.82. The van der Waals surface area contributed by atoms with Crippen LogP contribution in [0.4, 0.5) is 37.7 Å². The first-order valence-electron chi connectivity index (χ1n) is 9.01. The van der Waals surface area contributed by atoms with Crippen molar-refractivity contribution in [2.24, 2.45) is 0 Å². The second kappa shape index (κ2) is 8.74. The maximum atomic E-state index is 12.8. The van der Waals surface area contributed by atoms with Gasteiger partial charge in [0.1, 0.15) is 0 Å². The monoisotopic (exact) mass is 452 g/mol. The predicted octanol–water partition coefficient (Wildman–Crippen LogP) is 6.23. The van der Waals surface area contributed by atoms with Crippen molar-refractivity contribution >= 4 is 23.2 Å². The van der Waals surface area contributed by atoms with Crippen LogP contribution in [0.1, 0.15) is 31.8 Å². The normalized spacial score (nSPS) is 11.7. The lowest BCUT2D eigenvalue weighted by Crippen LogP contribution is -2.15. The molecule has 0 heterocycles. The highest BCUT2D eigenvalue weighted by molar-refractivity contribution is 6.07. The average Bonchev–Trinajstić information content (AvgIpc) is 2.73. The van der Waals surface area contributed by atoms with Crippen molar-refractivity contribution in [3.05, 3.63) is 95.1 Å². The highest BCUT2D eigenvalue weighted by Gasteiger charge is 2.31. The quantitative estimate of drug-likeness (QED) is 0.461. The molecule has 0 aliphatic carbocycles. The number of hydrogen-bond acceptors (Lipinski definition) is 2. The van der Waals surface area contributed by atoms with Crippen molar-refractivity contribution in [3.8, 4) is 0 Å². The molecule has 166 valence electrons. The molecule has 0 bridgehead atoms. The number of carbonyl (C=O) groups is 2. The number of anilines is 2. The molecule has 2 amide bonds. The van der Waals surface area contributed by atoms with Crippen molar-refractivity contribution in [3.63, 3.8) is 0 Å². The summed E-state index contributed by atoms with van der Waals surface area (Å²) in [6.45, 7) is 0. The van der Waals surface area contributed by atoms with E-state index < -0.39 is 35.3 Å². The van der Waals surface area contributed by atoms with Gasteiger partial charge in [-0.05, 0) is 60.7 Å². The Morgan fingerprint density at radius 1 is 0.562 bits per heavy atom. The summed E-state index contributed by atoms with van der Waals surface area (Å²) in [5, 5.41) is 4.67. The maximum Gasteiger partial charge on any atom is 0.416 e. The second-order valence-electron chi connectivity index (χ2n) is 6.64. The first-order chi connectivity index (χ1) is 14.9. The fourth-order valence-corrected chi connectivity index (χ4v) is 2.73. The number of amides is 2. The molecular formula is C22H14F6N2O2. The number of carbonyl (C=O) groups excluding carboxylic acids is 2. The van der Waals surface area contributed by atoms with Crippen molar-refractivity contribution in [2.75, 3.05) is 10.6 Å². The van der Waals surface area contributed by atoms with E-state index in [0.717, 1.165) is 36.4 Å². The summed E-state index contributed by atoms with van der Waals surface area (Å²) in [6, 6.07) is 13.3. The highest BCUT2D eigenvalue weighted by Crippen LogP contribution is 2.31. The van der Waals surface area contributed by atoms with Gasteiger partial charge in [-0.15, -0.1) is 0 Å². The van der Waals surface area contributed by atoms with Crippen LogP contribution in [0.25, 0.3) is 0 Å². The van der Waals surface area contributed by atoms with Crippen LogP contribution in [0.5, 0.6) is 0 Å². The zero-order chi connectivity index (χ0) is 23.5. The van der Waals surface area contributed by atoms with Gasteiger partial charge in [-0.2, -0.15) is 26.3 Å². The van der Waals surface area contributed by atoms with Crippen LogP contribution in [0.3, 0.4) is 0 Å². The van der Waals surface area contributed by atoms with E-state index in [1.165, 1.54) is 36.4 Å². The summed E-state index contributed by atoms with van der Waals surface area (Å²) in [6.07, 6.45) is -9.12. The van der Waals surface area contributed by atoms with Crippen molar-refractivity contribution in [2.45, 2.75) is 12.4 Å². The average molecular weight is 452 g/mol. The van der Waals surface area contributed by atoms with Gasteiger partial charge in [-0.3, -0.25) is 9.59 Å². The SMILES string of the molecule is O=C(Nc1cccc(C(F)(F)F)c1)c1ccc(C(=O)Nc2cccc(C(F)(F)F)c2)cc1. The molecule has 0 saturated carbocycles. The number of hydrogen-bond donors (Lipinski definition) is 2. The van der Waals surface area contributed by atoms with Gasteiger partial charge in [0, 0.05) is 22.5 Å². The van der Waals surface area contributed by atoms with Gasteiger partial charge in [0.05, 0.1) is 11.1 Å². The molecule has 0 fully saturated rings. The third kappa shape index (κ3) is 5.65. The highest BCUT2D eigenvalue weighted by atomic mass is 19.4. The zero-order valence-corrected chi connectivity index (χ0v) is 16.0. The van der Waals surface area contributed by atoms with E-state index in [-0.39, 0.29) is 22.5 Å². The summed E-state index contributed by atoms with van der Waals surface area (Å²) in [4.78, 5) is 24.6. The molecule has 0 aliphatic heterocycles. The first kappa shape index (κ1) is 22.9. The minimum absolute atomic E-state index is 0.0591. The molecule has 3 aromatic rings. The number of nitrogens with one attached hydrogen (secondary N) is 2. The smallest absolute Gasteiger partial charge is 0.322 e. The summed E-state index contributed by atoms with van der Waals surface area (Å²) < 4.78 is 76.7. The minimum atomic E-state index is -4.56. The van der Waals surface area contributed by atoms with Gasteiger partial charge >= 0.3 is 12.4 Å². The van der Waals surface area contributed by atoms with Crippen LogP contribution in [0.2, 0.25) is 0 Å². The molecule has 3 rings (SSSR count). The van der Waals surface area contributed by atoms with E-state index >= 15 is 0 Å². The molecule has 0 spiro atoms. The maximum absolute atomic E-state index is 12.8. The lowest BCUT2D eigenvalue weighted by atomic mass is 10.1. The Hall–Kier alpha value is -3.82. The molecule has 2 N–H and O–H groups in total. The molecule has 4 nitrogen and oxygen atoms in total. The lowest BCUT2D eigenvalue weighted by molar-refractivity contribution is -0.138. The molecule has 0 aliphatic rings. The lowest BCUT2D eigenvalue weighted by Gasteiger charge is -2.11. The van der Waals surface area contributed by atoms with Crippen LogP contribution in [0.15, 0.2) is 72.8 Å². The zero-order valence-electron chi connectivity index (χ0n) is 16.0. The van der Waals surface area contributed by atoms with Gasteiger partial charge in [0.15, 0.2) is 0 Å². The molecule has 32 heavy (non-hydrogen) atoms. The molecule has 10 heteroatoms. The van der Waals surface area contributed by atoms with E-state index in [0.29, 0.717) is 0 Å². The van der Waals surface area contributed by atoms with Crippen LogP contribution in [-0.2, 0) is 12.4 Å².